The molecule has 0 spiro atoms. The van der Waals surface area contributed by atoms with Crippen LogP contribution in [0.4, 0.5) is 0 Å². The highest BCUT2D eigenvalue weighted by atomic mass is 28.4. The van der Waals surface area contributed by atoms with Gasteiger partial charge in [0.25, 0.3) is 0 Å². The summed E-state index contributed by atoms with van der Waals surface area (Å²) in [6.45, 7) is 20.1. The van der Waals surface area contributed by atoms with Crippen LogP contribution in [0.3, 0.4) is 0 Å². The summed E-state index contributed by atoms with van der Waals surface area (Å²) < 4.78 is 6.01. The molecular formula is C18H32O2Si. The zero-order chi connectivity index (χ0) is 16.6. The fourth-order valence-electron chi connectivity index (χ4n) is 2.54. The highest BCUT2D eigenvalue weighted by molar-refractivity contribution is 6.85. The summed E-state index contributed by atoms with van der Waals surface area (Å²) >= 11 is 0. The number of aromatic hydroxyl groups is 1. The molecule has 0 radical (unpaired) electrons. The van der Waals surface area contributed by atoms with E-state index in [1.807, 2.05) is 6.92 Å². The summed E-state index contributed by atoms with van der Waals surface area (Å²) in [5.41, 5.74) is 2.25. The Bertz CT molecular complexity index is 505. The molecule has 0 unspecified atom stereocenters. The van der Waals surface area contributed by atoms with Crippen LogP contribution in [0.5, 0.6) is 5.75 Å². The molecule has 0 aliphatic rings. The van der Waals surface area contributed by atoms with Gasteiger partial charge >= 0.3 is 0 Å². The molecule has 0 atom stereocenters. The molecule has 0 saturated carbocycles. The van der Waals surface area contributed by atoms with Crippen molar-refractivity contribution < 1.29 is 9.53 Å². The summed E-state index contributed by atoms with van der Waals surface area (Å²) in [5, 5.41) is 11.8. The van der Waals surface area contributed by atoms with E-state index in [2.05, 4.69) is 66.8 Å². The van der Waals surface area contributed by atoms with E-state index in [-0.39, 0.29) is 10.8 Å². The van der Waals surface area contributed by atoms with Gasteiger partial charge in [0.1, 0.15) is 5.75 Å². The number of phenols is 1. The third kappa shape index (κ3) is 4.10. The molecule has 0 aromatic heterocycles. The van der Waals surface area contributed by atoms with E-state index in [9.17, 15) is 5.11 Å². The zero-order valence-corrected chi connectivity index (χ0v) is 16.2. The number of hydrogen-bond donors (Lipinski definition) is 1. The maximum Gasteiger partial charge on any atom is 0.221 e. The van der Waals surface area contributed by atoms with Gasteiger partial charge in [0, 0.05) is 11.8 Å². The van der Waals surface area contributed by atoms with Gasteiger partial charge in [0.15, 0.2) is 0 Å². The minimum atomic E-state index is -2.09. The van der Waals surface area contributed by atoms with Crippen molar-refractivity contribution in [2.45, 2.75) is 72.4 Å². The van der Waals surface area contributed by atoms with Gasteiger partial charge in [-0.25, -0.2) is 0 Å². The second-order valence-electron chi connectivity index (χ2n) is 8.36. The monoisotopic (exact) mass is 308 g/mol. The van der Waals surface area contributed by atoms with Crippen molar-refractivity contribution in [2.24, 2.45) is 0 Å². The van der Waals surface area contributed by atoms with Crippen LogP contribution in [0.15, 0.2) is 12.1 Å². The molecule has 0 aliphatic heterocycles. The average molecular weight is 309 g/mol. The van der Waals surface area contributed by atoms with Crippen molar-refractivity contribution in [2.75, 3.05) is 6.61 Å². The minimum Gasteiger partial charge on any atom is -0.508 e. The fourth-order valence-corrected chi connectivity index (χ4v) is 4.62. The van der Waals surface area contributed by atoms with Crippen molar-refractivity contribution in [3.8, 4) is 5.75 Å². The van der Waals surface area contributed by atoms with Gasteiger partial charge in [-0.2, -0.15) is 0 Å². The van der Waals surface area contributed by atoms with Crippen LogP contribution in [0.25, 0.3) is 0 Å². The molecule has 21 heavy (non-hydrogen) atoms. The lowest BCUT2D eigenvalue weighted by Gasteiger charge is -2.31. The van der Waals surface area contributed by atoms with E-state index in [0.717, 1.165) is 10.8 Å². The highest BCUT2D eigenvalue weighted by Crippen LogP contribution is 2.35. The van der Waals surface area contributed by atoms with Gasteiger partial charge in [-0.15, -0.1) is 0 Å². The molecule has 0 bridgehead atoms. The second-order valence-corrected chi connectivity index (χ2v) is 12.2. The Labute approximate surface area is 131 Å². The van der Waals surface area contributed by atoms with E-state index in [4.69, 9.17) is 4.43 Å². The smallest absolute Gasteiger partial charge is 0.221 e. The Morgan fingerprint density at radius 2 is 1.52 bits per heavy atom. The molecule has 0 aliphatic carbocycles. The van der Waals surface area contributed by atoms with Crippen LogP contribution in [0, 0.1) is 0 Å². The maximum atomic E-state index is 10.8. The first-order chi connectivity index (χ1) is 9.30. The van der Waals surface area contributed by atoms with E-state index in [1.54, 1.807) is 0 Å². The number of hydrogen-bond acceptors (Lipinski definition) is 2. The van der Waals surface area contributed by atoms with Crippen molar-refractivity contribution >= 4 is 13.5 Å². The van der Waals surface area contributed by atoms with Crippen molar-refractivity contribution in [1.82, 2.24) is 0 Å². The normalized spacial score (nSPS) is 13.6. The number of phenolic OH excluding ortho intramolecular Hbond substituents is 1. The molecule has 1 N–H and O–H groups in total. The quantitative estimate of drug-likeness (QED) is 0.837. The summed E-state index contributed by atoms with van der Waals surface area (Å²) in [6, 6.07) is 4.32. The maximum absolute atomic E-state index is 10.8. The molecule has 1 aromatic rings. The predicted molar refractivity (Wildman–Crippen MR) is 94.2 cm³/mol. The third-order valence-corrected chi connectivity index (χ3v) is 6.63. The van der Waals surface area contributed by atoms with Crippen LogP contribution in [-0.4, -0.2) is 20.0 Å². The summed E-state index contributed by atoms with van der Waals surface area (Å²) in [6.07, 6.45) is 0. The van der Waals surface area contributed by atoms with Crippen molar-refractivity contribution in [3.63, 3.8) is 0 Å². The topological polar surface area (TPSA) is 29.5 Å². The van der Waals surface area contributed by atoms with E-state index >= 15 is 0 Å². The summed E-state index contributed by atoms with van der Waals surface area (Å²) in [4.78, 5) is 0. The van der Waals surface area contributed by atoms with Gasteiger partial charge in [-0.3, -0.25) is 0 Å². The Morgan fingerprint density at radius 1 is 1.00 bits per heavy atom. The lowest BCUT2D eigenvalue weighted by atomic mass is 9.80. The first-order valence-corrected chi connectivity index (χ1v) is 10.7. The number of rotatable bonds is 3. The Morgan fingerprint density at radius 3 is 1.90 bits per heavy atom. The van der Waals surface area contributed by atoms with E-state index in [1.165, 1.54) is 5.56 Å². The Balaban J connectivity index is 3.64. The molecule has 3 heteroatoms. The number of benzene rings is 1. The molecule has 2 nitrogen and oxygen atoms in total. The van der Waals surface area contributed by atoms with Gasteiger partial charge < -0.3 is 9.53 Å². The molecule has 120 valence electrons. The highest BCUT2D eigenvalue weighted by Gasteiger charge is 2.33. The molecular weight excluding hydrogens is 276 g/mol. The Kier molecular flexibility index (Phi) is 5.01. The van der Waals surface area contributed by atoms with Crippen LogP contribution >= 0.6 is 0 Å². The first-order valence-electron chi connectivity index (χ1n) is 7.83. The van der Waals surface area contributed by atoms with Crippen molar-refractivity contribution in [1.29, 1.82) is 0 Å². The van der Waals surface area contributed by atoms with Gasteiger partial charge in [0.05, 0.1) is 0 Å². The summed E-state index contributed by atoms with van der Waals surface area (Å²) in [5.74, 6) is 0.431. The lowest BCUT2D eigenvalue weighted by molar-refractivity contribution is 0.337. The van der Waals surface area contributed by atoms with Gasteiger partial charge in [-0.1, -0.05) is 53.7 Å². The average Bonchev–Trinajstić information content (AvgIpc) is 2.25. The molecule has 1 aromatic carbocycles. The van der Waals surface area contributed by atoms with E-state index in [0.29, 0.717) is 12.4 Å². The molecule has 0 heterocycles. The van der Waals surface area contributed by atoms with E-state index < -0.39 is 8.32 Å². The second kappa shape index (κ2) is 5.77. The van der Waals surface area contributed by atoms with Crippen LogP contribution in [0.2, 0.25) is 13.1 Å². The fraction of sp³-hybridized carbons (Fsp3) is 0.667. The Hall–Kier alpha value is -0.803. The molecule has 1 rings (SSSR count). The standard InChI is InChI=1S/C18H32O2Si/c1-10-20-21(8,9)15-12-13(17(2,3)4)11-14(16(15)19)18(5,6)7/h11-12,19H,10H2,1-9H3. The van der Waals surface area contributed by atoms with Crippen LogP contribution in [0.1, 0.15) is 59.6 Å². The van der Waals surface area contributed by atoms with Gasteiger partial charge in [-0.05, 0) is 42.0 Å². The largest absolute Gasteiger partial charge is 0.508 e. The van der Waals surface area contributed by atoms with Crippen molar-refractivity contribution in [3.05, 3.63) is 23.3 Å². The third-order valence-electron chi connectivity index (χ3n) is 3.94. The minimum absolute atomic E-state index is 0.0547. The summed E-state index contributed by atoms with van der Waals surface area (Å²) in [7, 11) is -2.09. The van der Waals surface area contributed by atoms with Gasteiger partial charge in [0.2, 0.25) is 8.32 Å². The molecule has 0 saturated heterocycles. The lowest BCUT2D eigenvalue weighted by Crippen LogP contribution is -2.46. The molecule has 0 amide bonds. The zero-order valence-electron chi connectivity index (χ0n) is 15.2. The SMILES string of the molecule is CCO[Si](C)(C)c1cc(C(C)(C)C)cc(C(C)(C)C)c1O. The predicted octanol–water partition coefficient (Wildman–Crippen LogP) is 4.44. The van der Waals surface area contributed by atoms with Crippen LogP contribution in [-0.2, 0) is 15.3 Å². The first kappa shape index (κ1) is 18.2. The van der Waals surface area contributed by atoms with Crippen LogP contribution < -0.4 is 5.19 Å². The molecule has 0 fully saturated rings.